The molecular formula is C25H23ClN6O3. The predicted octanol–water partition coefficient (Wildman–Crippen LogP) is 4.33. The third-order valence-corrected chi connectivity index (χ3v) is 6.31. The molecule has 1 unspecified atom stereocenters. The second-order valence-electron chi connectivity index (χ2n) is 8.10. The molecule has 4 heterocycles. The van der Waals surface area contributed by atoms with Gasteiger partial charge in [-0.15, -0.1) is 0 Å². The summed E-state index contributed by atoms with van der Waals surface area (Å²) in [6.45, 7) is 4.81. The van der Waals surface area contributed by atoms with E-state index in [9.17, 15) is 4.79 Å². The molecule has 1 aliphatic heterocycles. The van der Waals surface area contributed by atoms with Crippen molar-refractivity contribution in [2.45, 2.75) is 12.3 Å². The maximum absolute atomic E-state index is 12.1. The van der Waals surface area contributed by atoms with E-state index in [1.165, 1.54) is 6.08 Å². The molecule has 3 aromatic heterocycles. The Bertz CT molecular complexity index is 1440. The molecule has 1 saturated heterocycles. The average molecular weight is 491 g/mol. The van der Waals surface area contributed by atoms with E-state index in [0.717, 1.165) is 23.2 Å². The van der Waals surface area contributed by atoms with Gasteiger partial charge >= 0.3 is 0 Å². The second-order valence-corrected chi connectivity index (χ2v) is 8.51. The normalized spacial score (nSPS) is 15.4. The maximum Gasteiger partial charge on any atom is 0.245 e. The smallest absolute Gasteiger partial charge is 0.245 e. The molecule has 178 valence electrons. The lowest BCUT2D eigenvalue weighted by atomic mass is 10.0. The van der Waals surface area contributed by atoms with E-state index in [1.807, 2.05) is 16.5 Å². The van der Waals surface area contributed by atoms with Crippen molar-refractivity contribution in [2.75, 3.05) is 25.9 Å². The Balaban J connectivity index is 1.51. The molecule has 35 heavy (non-hydrogen) atoms. The lowest BCUT2D eigenvalue weighted by Crippen LogP contribution is -2.26. The number of methoxy groups -OCH3 is 1. The highest BCUT2D eigenvalue weighted by atomic mass is 35.5. The number of pyridine rings is 1. The molecule has 1 atom stereocenters. The number of carbonyl (C=O) groups excluding carboxylic acids is 1. The molecule has 0 bridgehead atoms. The number of rotatable bonds is 6. The Labute approximate surface area is 206 Å². The summed E-state index contributed by atoms with van der Waals surface area (Å²) >= 11 is 6.58. The molecule has 1 aliphatic rings. The van der Waals surface area contributed by atoms with Crippen LogP contribution in [0.3, 0.4) is 0 Å². The van der Waals surface area contributed by atoms with Crippen molar-refractivity contribution >= 4 is 29.0 Å². The van der Waals surface area contributed by atoms with Gasteiger partial charge in [-0.3, -0.25) is 9.20 Å². The molecule has 0 saturated carbocycles. The zero-order chi connectivity index (χ0) is 24.5. The molecule has 1 fully saturated rings. The SMILES string of the molecule is C=CC(=O)N1CCC(c2nc(-c3ccc(Oc4cc(OC)ccn4)c(Cl)c3)n3c(N)nccc23)C1. The number of ether oxygens (including phenoxy) is 2. The Hall–Kier alpha value is -4.11. The van der Waals surface area contributed by atoms with E-state index in [0.29, 0.717) is 47.3 Å². The lowest BCUT2D eigenvalue weighted by molar-refractivity contribution is -0.125. The third-order valence-electron chi connectivity index (χ3n) is 6.02. The summed E-state index contributed by atoms with van der Waals surface area (Å²) in [7, 11) is 1.57. The fraction of sp³-hybridized carbons (Fsp3) is 0.200. The first kappa shape index (κ1) is 22.7. The molecule has 4 aromatic rings. The Kier molecular flexibility index (Phi) is 6.00. The monoisotopic (exact) mass is 490 g/mol. The third kappa shape index (κ3) is 4.26. The first-order valence-corrected chi connectivity index (χ1v) is 11.4. The Morgan fingerprint density at radius 3 is 2.83 bits per heavy atom. The van der Waals surface area contributed by atoms with Gasteiger partial charge in [0.25, 0.3) is 0 Å². The number of amides is 1. The molecule has 2 N–H and O–H groups in total. The highest BCUT2D eigenvalue weighted by Crippen LogP contribution is 2.37. The summed E-state index contributed by atoms with van der Waals surface area (Å²) < 4.78 is 12.9. The minimum atomic E-state index is -0.0784. The van der Waals surface area contributed by atoms with Gasteiger partial charge in [-0.05, 0) is 42.8 Å². The topological polar surface area (TPSA) is 108 Å². The van der Waals surface area contributed by atoms with Crippen LogP contribution in [0, 0.1) is 0 Å². The zero-order valence-electron chi connectivity index (χ0n) is 19.0. The van der Waals surface area contributed by atoms with Crippen molar-refractivity contribution in [1.82, 2.24) is 24.3 Å². The number of hydrogen-bond donors (Lipinski definition) is 1. The molecule has 5 rings (SSSR count). The van der Waals surface area contributed by atoms with Gasteiger partial charge in [0.15, 0.2) is 0 Å². The number of halogens is 1. The number of likely N-dealkylation sites (tertiary alicyclic amines) is 1. The van der Waals surface area contributed by atoms with Gasteiger partial charge in [-0.2, -0.15) is 0 Å². The van der Waals surface area contributed by atoms with Gasteiger partial charge in [0.05, 0.1) is 23.3 Å². The number of hydrogen-bond acceptors (Lipinski definition) is 7. The van der Waals surface area contributed by atoms with E-state index < -0.39 is 0 Å². The van der Waals surface area contributed by atoms with E-state index in [-0.39, 0.29) is 11.8 Å². The van der Waals surface area contributed by atoms with Gasteiger partial charge < -0.3 is 20.1 Å². The van der Waals surface area contributed by atoms with E-state index in [4.69, 9.17) is 31.8 Å². The lowest BCUT2D eigenvalue weighted by Gasteiger charge is -2.13. The van der Waals surface area contributed by atoms with Crippen LogP contribution in [-0.2, 0) is 4.79 Å². The predicted molar refractivity (Wildman–Crippen MR) is 133 cm³/mol. The quantitative estimate of drug-likeness (QED) is 0.401. The molecule has 10 heteroatoms. The number of nitrogens with zero attached hydrogens (tertiary/aromatic N) is 5. The summed E-state index contributed by atoms with van der Waals surface area (Å²) in [5, 5.41) is 0.386. The highest BCUT2D eigenvalue weighted by Gasteiger charge is 2.30. The maximum atomic E-state index is 12.1. The van der Waals surface area contributed by atoms with Gasteiger partial charge in [0.1, 0.15) is 17.3 Å². The molecule has 0 aliphatic carbocycles. The number of nitrogen functional groups attached to an aromatic ring is 1. The van der Waals surface area contributed by atoms with E-state index in [1.54, 1.807) is 48.7 Å². The van der Waals surface area contributed by atoms with Crippen molar-refractivity contribution in [3.63, 3.8) is 0 Å². The number of anilines is 1. The van der Waals surface area contributed by atoms with Crippen LogP contribution in [-0.4, -0.2) is 50.4 Å². The number of imidazole rings is 1. The summed E-state index contributed by atoms with van der Waals surface area (Å²) in [6, 6.07) is 10.7. The number of carbonyl (C=O) groups is 1. The fourth-order valence-electron chi connectivity index (χ4n) is 4.30. The summed E-state index contributed by atoms with van der Waals surface area (Å²) in [6.07, 6.45) is 5.39. The highest BCUT2D eigenvalue weighted by molar-refractivity contribution is 6.32. The first-order valence-electron chi connectivity index (χ1n) is 11.0. The van der Waals surface area contributed by atoms with E-state index in [2.05, 4.69) is 16.5 Å². The minimum Gasteiger partial charge on any atom is -0.497 e. The number of fused-ring (bicyclic) bond motifs is 1. The molecule has 9 nitrogen and oxygen atoms in total. The van der Waals surface area contributed by atoms with Gasteiger partial charge in [0.2, 0.25) is 17.7 Å². The van der Waals surface area contributed by atoms with Crippen LogP contribution in [0.2, 0.25) is 5.02 Å². The Morgan fingerprint density at radius 2 is 2.06 bits per heavy atom. The fourth-order valence-corrected chi connectivity index (χ4v) is 4.52. The number of benzene rings is 1. The molecule has 1 aromatic carbocycles. The van der Waals surface area contributed by atoms with Crippen molar-refractivity contribution in [3.8, 4) is 28.8 Å². The standard InChI is InChI=1S/C25H23ClN6O3/c1-3-22(33)31-11-8-16(14-31)23-19-7-10-29-25(27)32(19)24(30-23)15-4-5-20(18(26)12-15)35-21-13-17(34-2)6-9-28-21/h3-7,9-10,12-13,16H,1,8,11,14H2,2H3,(H2,27,29). The second kappa shape index (κ2) is 9.27. The van der Waals surface area contributed by atoms with Crippen molar-refractivity contribution < 1.29 is 14.3 Å². The van der Waals surface area contributed by atoms with Gasteiger partial charge in [-0.25, -0.2) is 15.0 Å². The molecular weight excluding hydrogens is 468 g/mol. The summed E-state index contributed by atoms with van der Waals surface area (Å²) in [5.74, 6) is 2.35. The minimum absolute atomic E-state index is 0.0710. The molecule has 1 amide bonds. The van der Waals surface area contributed by atoms with Crippen molar-refractivity contribution in [3.05, 3.63) is 72.2 Å². The van der Waals surface area contributed by atoms with Crippen molar-refractivity contribution in [2.24, 2.45) is 0 Å². The number of nitrogens with two attached hydrogens (primary N) is 1. The van der Waals surface area contributed by atoms with Crippen LogP contribution in [0.25, 0.3) is 16.9 Å². The largest absolute Gasteiger partial charge is 0.497 e. The summed E-state index contributed by atoms with van der Waals surface area (Å²) in [5.41, 5.74) is 8.72. The van der Waals surface area contributed by atoms with Crippen LogP contribution in [0.4, 0.5) is 5.95 Å². The zero-order valence-corrected chi connectivity index (χ0v) is 19.8. The van der Waals surface area contributed by atoms with Crippen LogP contribution in [0.15, 0.2) is 61.4 Å². The van der Waals surface area contributed by atoms with Gasteiger partial charge in [-0.1, -0.05) is 18.2 Å². The van der Waals surface area contributed by atoms with Crippen LogP contribution >= 0.6 is 11.6 Å². The van der Waals surface area contributed by atoms with Crippen LogP contribution < -0.4 is 15.2 Å². The van der Waals surface area contributed by atoms with Crippen LogP contribution in [0.1, 0.15) is 18.0 Å². The molecule has 0 radical (unpaired) electrons. The van der Waals surface area contributed by atoms with Gasteiger partial charge in [0, 0.05) is 43.0 Å². The van der Waals surface area contributed by atoms with Crippen LogP contribution in [0.5, 0.6) is 17.4 Å². The van der Waals surface area contributed by atoms with E-state index >= 15 is 0 Å². The number of aromatic nitrogens is 4. The summed E-state index contributed by atoms with van der Waals surface area (Å²) in [4.78, 5) is 27.3. The van der Waals surface area contributed by atoms with Crippen molar-refractivity contribution in [1.29, 1.82) is 0 Å². The average Bonchev–Trinajstić information content (AvgIpc) is 3.51. The Morgan fingerprint density at radius 1 is 1.23 bits per heavy atom. The first-order chi connectivity index (χ1) is 17.0. The molecule has 0 spiro atoms.